The molecule has 0 saturated carbocycles. The van der Waals surface area contributed by atoms with Gasteiger partial charge in [0.25, 0.3) is 0 Å². The smallest absolute Gasteiger partial charge is 2.00 e. The van der Waals surface area contributed by atoms with Gasteiger partial charge >= 0.3 is 62.6 Å². The molecule has 0 aromatic carbocycles. The minimum absolute atomic E-state index is 0. The Morgan fingerprint density at radius 2 is 1.00 bits per heavy atom. The predicted octanol–water partition coefficient (Wildman–Crippen LogP) is -0.505. The molecule has 1 nitrogen and oxygen atoms in total. The minimum atomic E-state index is 0. The van der Waals surface area contributed by atoms with Gasteiger partial charge < -0.3 is 5.48 Å². The van der Waals surface area contributed by atoms with Crippen LogP contribution in [-0.2, 0) is 43.7 Å². The van der Waals surface area contributed by atoms with E-state index in [1.165, 1.54) is 0 Å². The minimum Gasteiger partial charge on any atom is -2.00 e. The fourth-order valence-corrected chi connectivity index (χ4v) is 0. The van der Waals surface area contributed by atoms with Crippen molar-refractivity contribution < 1.29 is 43.7 Å². The molecule has 0 aromatic heterocycles. The maximum atomic E-state index is 0. The van der Waals surface area contributed by atoms with Crippen LogP contribution >= 0.6 is 0 Å². The zero-order valence-electron chi connectivity index (χ0n) is 1.67. The largest absolute Gasteiger partial charge is 4.00 e. The Bertz CT molecular complexity index is 8.00. The Labute approximate surface area is 67.5 Å². The van der Waals surface area contributed by atoms with E-state index in [1.807, 2.05) is 0 Å². The van der Waals surface area contributed by atoms with Gasteiger partial charge in [-0.1, -0.05) is 0 Å². The van der Waals surface area contributed by atoms with Gasteiger partial charge in [0.15, 0.2) is 0 Å². The first-order valence-electron chi connectivity index (χ1n) is 0. The van der Waals surface area contributed by atoms with E-state index >= 15 is 0 Å². The Hall–Kier alpha value is 1.99. The van der Waals surface area contributed by atoms with Gasteiger partial charge in [-0.2, -0.15) is 0 Å². The molecule has 0 unspecified atom stereocenters. The molecule has 18 valence electrons. The summed E-state index contributed by atoms with van der Waals surface area (Å²) in [6, 6.07) is 0. The molecule has 0 saturated heterocycles. The van der Waals surface area contributed by atoms with Gasteiger partial charge in [0.2, 0.25) is 0 Å². The van der Waals surface area contributed by atoms with Crippen LogP contribution in [0.25, 0.3) is 0 Å². The third-order valence-electron chi connectivity index (χ3n) is 0. The fraction of sp³-hybridized carbons (Fsp3) is 0. The van der Waals surface area contributed by atoms with Gasteiger partial charge in [0.05, 0.1) is 0 Å². The van der Waals surface area contributed by atoms with E-state index in [-0.39, 0.29) is 68.1 Å². The third kappa shape index (κ3) is 9.01. The van der Waals surface area contributed by atoms with Crippen LogP contribution in [0, 0.1) is 0 Å². The summed E-state index contributed by atoms with van der Waals surface area (Å²) in [4.78, 5) is 0. The third-order valence-corrected chi connectivity index (χ3v) is 0. The topological polar surface area (TPSA) is 28.5 Å². The monoisotopic (exact) mass is 243 g/mol. The molecule has 0 heterocycles. The van der Waals surface area contributed by atoms with Crippen LogP contribution < -0.4 is 0 Å². The summed E-state index contributed by atoms with van der Waals surface area (Å²) in [5.74, 6) is 0. The van der Waals surface area contributed by atoms with E-state index in [9.17, 15) is 0 Å². The van der Waals surface area contributed by atoms with Crippen molar-refractivity contribution in [3.8, 4) is 0 Å². The van der Waals surface area contributed by atoms with E-state index < -0.39 is 0 Å². The first-order chi connectivity index (χ1) is 0. The van der Waals surface area contributed by atoms with E-state index in [1.54, 1.807) is 0 Å². The summed E-state index contributed by atoms with van der Waals surface area (Å²) in [5.41, 5.74) is 0. The molecule has 0 aliphatic rings. The predicted molar refractivity (Wildman–Crippen MR) is 6.44 cm³/mol. The van der Waals surface area contributed by atoms with Gasteiger partial charge in [0.1, 0.15) is 0 Å². The van der Waals surface area contributed by atoms with Crippen LogP contribution in [0.3, 0.4) is 0 Å². The summed E-state index contributed by atoms with van der Waals surface area (Å²) < 4.78 is 0. The Morgan fingerprint density at radius 3 is 1.00 bits per heavy atom. The van der Waals surface area contributed by atoms with Crippen molar-refractivity contribution in [2.75, 3.05) is 0 Å². The quantitative estimate of drug-likeness (QED) is 0.514. The van der Waals surface area contributed by atoms with E-state index in [0.717, 1.165) is 0 Å². The van der Waals surface area contributed by atoms with Crippen molar-refractivity contribution in [3.05, 3.63) is 0 Å². The molecular weight excluding hydrogens is 244 g/mol. The molecule has 0 aromatic rings. The molecule has 2 radical (unpaired) electrons. The molecule has 0 fully saturated rings. The SMILES string of the molecule is [Ni+2].[O-2].[Sb+3].[Ti+4]. The van der Waals surface area contributed by atoms with Crippen molar-refractivity contribution in [2.45, 2.75) is 0 Å². The van der Waals surface area contributed by atoms with Crippen LogP contribution in [0.1, 0.15) is 0 Å². The fourth-order valence-electron chi connectivity index (χ4n) is 0. The Morgan fingerprint density at radius 1 is 1.00 bits per heavy atom. The zero-order valence-corrected chi connectivity index (χ0v) is 6.77. The number of hydrogen-bond donors (Lipinski definition) is 0. The summed E-state index contributed by atoms with van der Waals surface area (Å²) in [7, 11) is 0. The van der Waals surface area contributed by atoms with Crippen molar-refractivity contribution >= 4 is 24.4 Å². The molecule has 0 amide bonds. The molecule has 0 spiro atoms. The average molecular weight is 244 g/mol. The van der Waals surface area contributed by atoms with Crippen molar-refractivity contribution in [1.82, 2.24) is 0 Å². The molecule has 4 heavy (non-hydrogen) atoms. The van der Waals surface area contributed by atoms with Gasteiger partial charge in [-0.05, 0) is 0 Å². The number of rotatable bonds is 0. The van der Waals surface area contributed by atoms with Gasteiger partial charge in [-0.15, -0.1) is 0 Å². The van der Waals surface area contributed by atoms with E-state index in [4.69, 9.17) is 0 Å². The number of hydrogen-bond acceptors (Lipinski definition) is 0. The summed E-state index contributed by atoms with van der Waals surface area (Å²) in [6.45, 7) is 0. The second-order valence-corrected chi connectivity index (χ2v) is 0. The van der Waals surface area contributed by atoms with Crippen LogP contribution in [-0.4, -0.2) is 24.4 Å². The second kappa shape index (κ2) is 20.1. The summed E-state index contributed by atoms with van der Waals surface area (Å²) in [5, 5.41) is 0. The van der Waals surface area contributed by atoms with E-state index in [0.29, 0.717) is 0 Å². The van der Waals surface area contributed by atoms with Gasteiger partial charge in [-0.3, -0.25) is 0 Å². The van der Waals surface area contributed by atoms with E-state index in [2.05, 4.69) is 0 Å². The molecule has 0 N–H and O–H groups in total. The van der Waals surface area contributed by atoms with Gasteiger partial charge in [-0.25, -0.2) is 0 Å². The first kappa shape index (κ1) is 37.7. The maximum Gasteiger partial charge on any atom is 4.00 e. The Kier molecular flexibility index (Phi) is 189. The standard InChI is InChI=1S/Ni.O.Sb.Ti/q+2;-2;+3;+4. The second-order valence-electron chi connectivity index (χ2n) is 0. The zero-order chi connectivity index (χ0) is 0. The molecular formula is NiOSbTi+7. The summed E-state index contributed by atoms with van der Waals surface area (Å²) in [6.07, 6.45) is 0. The summed E-state index contributed by atoms with van der Waals surface area (Å²) >= 11 is 0. The first-order valence-corrected chi connectivity index (χ1v) is 0. The van der Waals surface area contributed by atoms with Crippen molar-refractivity contribution in [1.29, 1.82) is 0 Å². The van der Waals surface area contributed by atoms with Crippen LogP contribution in [0.5, 0.6) is 0 Å². The normalized spacial score (nSPS) is 0. The molecule has 0 bridgehead atoms. The van der Waals surface area contributed by atoms with Crippen LogP contribution in [0.15, 0.2) is 0 Å². The average Bonchev–Trinajstić information content (AvgIpc) is 0. The molecule has 0 atom stereocenters. The molecule has 0 rings (SSSR count). The maximum absolute atomic E-state index is 0. The van der Waals surface area contributed by atoms with Crippen LogP contribution in [0.4, 0.5) is 0 Å². The van der Waals surface area contributed by atoms with Crippen molar-refractivity contribution in [2.24, 2.45) is 0 Å². The van der Waals surface area contributed by atoms with Crippen LogP contribution in [0.2, 0.25) is 0 Å². The van der Waals surface area contributed by atoms with Gasteiger partial charge in [0, 0.05) is 0 Å². The Balaban J connectivity index is 0. The molecule has 4 heteroatoms. The molecule has 0 aliphatic carbocycles. The molecule has 0 aliphatic heterocycles. The van der Waals surface area contributed by atoms with Crippen molar-refractivity contribution in [3.63, 3.8) is 0 Å².